The van der Waals surface area contributed by atoms with E-state index < -0.39 is 5.97 Å². The van der Waals surface area contributed by atoms with Gasteiger partial charge < -0.3 is 14.1 Å². The highest BCUT2D eigenvalue weighted by Crippen LogP contribution is 2.30. The molecule has 27 heavy (non-hydrogen) atoms. The van der Waals surface area contributed by atoms with Crippen molar-refractivity contribution in [3.63, 3.8) is 0 Å². The maximum atomic E-state index is 11.7. The highest BCUT2D eigenvalue weighted by Gasteiger charge is 2.17. The quantitative estimate of drug-likeness (QED) is 0.496. The molecule has 0 atom stereocenters. The van der Waals surface area contributed by atoms with Crippen LogP contribution < -0.4 is 0 Å². The Hall–Kier alpha value is -2.80. The van der Waals surface area contributed by atoms with Crippen molar-refractivity contribution in [2.24, 2.45) is 0 Å². The summed E-state index contributed by atoms with van der Waals surface area (Å²) in [5.74, 6) is -0.545. The summed E-state index contributed by atoms with van der Waals surface area (Å²) in [7, 11) is 0. The van der Waals surface area contributed by atoms with Gasteiger partial charge in [0.05, 0.1) is 0 Å². The Labute approximate surface area is 161 Å². The Kier molecular flexibility index (Phi) is 5.51. The molecule has 0 saturated carbocycles. The maximum Gasteiger partial charge on any atom is 0.342 e. The number of aliphatic carboxylic acids is 1. The lowest BCUT2D eigenvalue weighted by molar-refractivity contribution is -0.131. The summed E-state index contributed by atoms with van der Waals surface area (Å²) in [5, 5.41) is 17.6. The molecule has 7 heteroatoms. The number of nitrogens with zero attached hydrogens (tertiary/aromatic N) is 3. The molecule has 0 bridgehead atoms. The molecule has 2 heterocycles. The molecule has 0 radical (unpaired) electrons. The van der Waals surface area contributed by atoms with Crippen molar-refractivity contribution >= 4 is 23.8 Å². The first-order chi connectivity index (χ1) is 12.9. The Morgan fingerprint density at radius 3 is 2.52 bits per heavy atom. The summed E-state index contributed by atoms with van der Waals surface area (Å²) in [6.45, 7) is 7.93. The second-order valence-electron chi connectivity index (χ2n) is 6.23. The van der Waals surface area contributed by atoms with Gasteiger partial charge >= 0.3 is 5.97 Å². The molecule has 2 aromatic heterocycles. The lowest BCUT2D eigenvalue weighted by Crippen LogP contribution is -2.00. The van der Waals surface area contributed by atoms with E-state index in [2.05, 4.69) is 39.0 Å². The van der Waals surface area contributed by atoms with Crippen LogP contribution in [0.5, 0.6) is 0 Å². The molecule has 0 aliphatic rings. The molecular formula is C20H21N3O3S. The summed E-state index contributed by atoms with van der Waals surface area (Å²) < 4.78 is 7.53. The van der Waals surface area contributed by atoms with Crippen LogP contribution in [0.15, 0.2) is 44.9 Å². The highest BCUT2D eigenvalue weighted by molar-refractivity contribution is 8.03. The van der Waals surface area contributed by atoms with Crippen LogP contribution in [0, 0.1) is 20.8 Å². The van der Waals surface area contributed by atoms with Crippen LogP contribution in [0.4, 0.5) is 0 Å². The average molecular weight is 383 g/mol. The third-order valence-electron chi connectivity index (χ3n) is 4.21. The fourth-order valence-electron chi connectivity index (χ4n) is 2.82. The largest absolute Gasteiger partial charge is 0.477 e. The van der Waals surface area contributed by atoms with Gasteiger partial charge in [0.2, 0.25) is 5.89 Å². The molecule has 0 spiro atoms. The zero-order valence-corrected chi connectivity index (χ0v) is 16.5. The smallest absolute Gasteiger partial charge is 0.342 e. The summed E-state index contributed by atoms with van der Waals surface area (Å²) in [4.78, 5) is 11.8. The zero-order valence-electron chi connectivity index (χ0n) is 15.7. The van der Waals surface area contributed by atoms with Crippen LogP contribution in [0.1, 0.15) is 35.3 Å². The van der Waals surface area contributed by atoms with Crippen molar-refractivity contribution in [3.05, 3.63) is 63.6 Å². The minimum absolute atomic E-state index is 0.130. The fraction of sp³-hybridized carbons (Fsp3) is 0.250. The van der Waals surface area contributed by atoms with Crippen LogP contribution in [-0.2, 0) is 11.2 Å². The van der Waals surface area contributed by atoms with Gasteiger partial charge in [0, 0.05) is 23.5 Å². The number of hydrogen-bond donors (Lipinski definition) is 1. The van der Waals surface area contributed by atoms with E-state index in [9.17, 15) is 9.90 Å². The fourth-order valence-corrected chi connectivity index (χ4v) is 3.50. The Morgan fingerprint density at radius 1 is 1.22 bits per heavy atom. The molecular weight excluding hydrogens is 362 g/mol. The Balaban J connectivity index is 1.97. The van der Waals surface area contributed by atoms with Gasteiger partial charge in [0.1, 0.15) is 4.91 Å². The molecule has 1 aromatic carbocycles. The predicted molar refractivity (Wildman–Crippen MR) is 105 cm³/mol. The van der Waals surface area contributed by atoms with E-state index >= 15 is 0 Å². The van der Waals surface area contributed by atoms with Crippen LogP contribution in [0.2, 0.25) is 0 Å². The van der Waals surface area contributed by atoms with E-state index in [1.54, 1.807) is 6.08 Å². The molecule has 0 saturated heterocycles. The first-order valence-electron chi connectivity index (χ1n) is 8.60. The number of aryl methyl sites for hydroxylation is 3. The van der Waals surface area contributed by atoms with Crippen molar-refractivity contribution < 1.29 is 14.3 Å². The van der Waals surface area contributed by atoms with E-state index in [4.69, 9.17) is 4.42 Å². The summed E-state index contributed by atoms with van der Waals surface area (Å²) >= 11 is 0.961. The van der Waals surface area contributed by atoms with Crippen molar-refractivity contribution in [1.82, 2.24) is 14.8 Å². The topological polar surface area (TPSA) is 81.2 Å². The van der Waals surface area contributed by atoms with Gasteiger partial charge in [-0.05, 0) is 62.4 Å². The third-order valence-corrected chi connectivity index (χ3v) is 5.06. The van der Waals surface area contributed by atoms with Gasteiger partial charge in [-0.2, -0.15) is 0 Å². The minimum Gasteiger partial charge on any atom is -0.477 e. The maximum absolute atomic E-state index is 11.7. The van der Waals surface area contributed by atoms with E-state index in [0.717, 1.165) is 34.4 Å². The molecule has 0 fully saturated rings. The van der Waals surface area contributed by atoms with Crippen LogP contribution in [0.3, 0.4) is 0 Å². The molecule has 1 N–H and O–H groups in total. The first-order valence-corrected chi connectivity index (χ1v) is 9.42. The van der Waals surface area contributed by atoms with Crippen LogP contribution in [-0.4, -0.2) is 25.8 Å². The number of rotatable bonds is 6. The summed E-state index contributed by atoms with van der Waals surface area (Å²) in [5.41, 5.74) is 5.08. The highest BCUT2D eigenvalue weighted by atomic mass is 32.2. The van der Waals surface area contributed by atoms with E-state index in [-0.39, 0.29) is 10.1 Å². The molecule has 0 aliphatic carbocycles. The molecule has 6 nitrogen and oxygen atoms in total. The van der Waals surface area contributed by atoms with Crippen LogP contribution >= 0.6 is 11.8 Å². The zero-order chi connectivity index (χ0) is 19.6. The third kappa shape index (κ3) is 4.14. The second-order valence-corrected chi connectivity index (χ2v) is 7.22. The van der Waals surface area contributed by atoms with Crippen molar-refractivity contribution in [2.45, 2.75) is 39.3 Å². The lowest BCUT2D eigenvalue weighted by atomic mass is 10.2. The average Bonchev–Trinajstić information content (AvgIpc) is 3.20. The number of hydrogen-bond acceptors (Lipinski definition) is 5. The molecule has 0 unspecified atom stereocenters. The minimum atomic E-state index is -1.03. The Morgan fingerprint density at radius 2 is 1.93 bits per heavy atom. The molecule has 140 valence electrons. The van der Waals surface area contributed by atoms with Gasteiger partial charge in [0.15, 0.2) is 0 Å². The van der Waals surface area contributed by atoms with Gasteiger partial charge in [0.25, 0.3) is 5.22 Å². The number of thioether (sulfide) groups is 1. The van der Waals surface area contributed by atoms with Crippen molar-refractivity contribution in [3.8, 4) is 5.69 Å². The van der Waals surface area contributed by atoms with Gasteiger partial charge in [-0.15, -0.1) is 10.2 Å². The molecule has 0 aliphatic heterocycles. The SMILES string of the molecule is CCc1nnc(S/C(=C\c2cc(C)n(-c3ccc(C)cc3)c2C)C(=O)O)o1. The van der Waals surface area contributed by atoms with Crippen molar-refractivity contribution in [2.75, 3.05) is 0 Å². The molecule has 3 rings (SSSR count). The number of carboxylic acid groups (broad SMARTS) is 1. The monoisotopic (exact) mass is 383 g/mol. The van der Waals surface area contributed by atoms with E-state index in [1.165, 1.54) is 5.56 Å². The van der Waals surface area contributed by atoms with Crippen LogP contribution in [0.25, 0.3) is 11.8 Å². The lowest BCUT2D eigenvalue weighted by Gasteiger charge is -2.10. The van der Waals surface area contributed by atoms with Crippen molar-refractivity contribution in [1.29, 1.82) is 0 Å². The Bertz CT molecular complexity index is 1000. The first kappa shape index (κ1) is 19.0. The number of carbonyl (C=O) groups is 1. The summed E-state index contributed by atoms with van der Waals surface area (Å²) in [6, 6.07) is 10.2. The number of benzene rings is 1. The predicted octanol–water partition coefficient (Wildman–Crippen LogP) is 4.57. The van der Waals surface area contributed by atoms with E-state index in [1.807, 2.05) is 33.8 Å². The normalized spacial score (nSPS) is 11.8. The van der Waals surface area contributed by atoms with Gasteiger partial charge in [-0.1, -0.05) is 24.6 Å². The van der Waals surface area contributed by atoms with E-state index in [0.29, 0.717) is 12.3 Å². The number of aromatic nitrogens is 3. The number of carboxylic acids is 1. The molecule has 0 amide bonds. The summed E-state index contributed by atoms with van der Waals surface area (Å²) in [6.07, 6.45) is 2.26. The molecule has 3 aromatic rings. The van der Waals surface area contributed by atoms with Gasteiger partial charge in [-0.3, -0.25) is 0 Å². The van der Waals surface area contributed by atoms with Gasteiger partial charge in [-0.25, -0.2) is 4.79 Å². The second kappa shape index (κ2) is 7.84. The standard InChI is InChI=1S/C20H21N3O3S/c1-5-18-21-22-20(26-18)27-17(19(24)25)11-15-10-13(3)23(14(15)4)16-8-6-12(2)7-9-16/h6-11H,5H2,1-4H3,(H,24,25)/b17-11-.